The average Bonchev–Trinajstić information content (AvgIpc) is 2.71. The van der Waals surface area contributed by atoms with Gasteiger partial charge in [-0.15, -0.1) is 10.2 Å². The molecule has 1 heterocycles. The second-order valence-corrected chi connectivity index (χ2v) is 4.07. The van der Waals surface area contributed by atoms with Crippen molar-refractivity contribution in [3.8, 4) is 0 Å². The van der Waals surface area contributed by atoms with Crippen molar-refractivity contribution < 1.29 is 4.79 Å². The van der Waals surface area contributed by atoms with Gasteiger partial charge in [-0.25, -0.2) is 0 Å². The summed E-state index contributed by atoms with van der Waals surface area (Å²) in [6, 6.07) is 0. The topological polar surface area (TPSA) is 66.9 Å². The molecule has 0 aliphatic rings. The maximum absolute atomic E-state index is 11.5. The van der Waals surface area contributed by atoms with Crippen molar-refractivity contribution in [2.45, 2.75) is 26.7 Å². The van der Waals surface area contributed by atoms with Crippen molar-refractivity contribution in [2.24, 2.45) is 0 Å². The number of aromatic nitrogens is 2. The van der Waals surface area contributed by atoms with Crippen LogP contribution in [0.15, 0.2) is 0 Å². The summed E-state index contributed by atoms with van der Waals surface area (Å²) in [6.45, 7) is 5.61. The van der Waals surface area contributed by atoms with Gasteiger partial charge in [0.1, 0.15) is 0 Å². The zero-order valence-corrected chi connectivity index (χ0v) is 9.86. The summed E-state index contributed by atoms with van der Waals surface area (Å²) in [4.78, 5) is 11.5. The van der Waals surface area contributed by atoms with Gasteiger partial charge in [0, 0.05) is 13.1 Å². The van der Waals surface area contributed by atoms with E-state index in [2.05, 4.69) is 27.8 Å². The maximum atomic E-state index is 11.5. The van der Waals surface area contributed by atoms with E-state index in [-0.39, 0.29) is 5.91 Å². The molecule has 0 aliphatic carbocycles. The van der Waals surface area contributed by atoms with E-state index in [4.69, 9.17) is 0 Å². The third-order valence-corrected chi connectivity index (χ3v) is 2.56. The van der Waals surface area contributed by atoms with E-state index < -0.39 is 0 Å². The molecule has 0 bridgehead atoms. The number of rotatable bonds is 6. The molecule has 0 saturated carbocycles. The maximum Gasteiger partial charge on any atom is 0.282 e. The lowest BCUT2D eigenvalue weighted by atomic mass is 10.5. The van der Waals surface area contributed by atoms with E-state index in [9.17, 15) is 4.79 Å². The molecule has 1 rings (SSSR count). The van der Waals surface area contributed by atoms with Gasteiger partial charge in [0.2, 0.25) is 10.1 Å². The van der Waals surface area contributed by atoms with Crippen LogP contribution in [0.25, 0.3) is 0 Å². The van der Waals surface area contributed by atoms with E-state index in [1.54, 1.807) is 0 Å². The minimum atomic E-state index is -0.140. The van der Waals surface area contributed by atoms with Crippen LogP contribution in [-0.4, -0.2) is 29.2 Å². The lowest BCUT2D eigenvalue weighted by Gasteiger charge is -1.98. The highest BCUT2D eigenvalue weighted by molar-refractivity contribution is 7.17. The first kappa shape index (κ1) is 11.9. The summed E-state index contributed by atoms with van der Waals surface area (Å²) in [6.07, 6.45) is 1.95. The van der Waals surface area contributed by atoms with Crippen LogP contribution < -0.4 is 10.6 Å². The van der Waals surface area contributed by atoms with Gasteiger partial charge in [-0.05, 0) is 12.8 Å². The van der Waals surface area contributed by atoms with E-state index in [1.807, 2.05) is 6.92 Å². The lowest BCUT2D eigenvalue weighted by molar-refractivity contribution is 0.0952. The molecule has 0 aromatic carbocycles. The van der Waals surface area contributed by atoms with Gasteiger partial charge < -0.3 is 10.6 Å². The lowest BCUT2D eigenvalue weighted by Crippen LogP contribution is -2.23. The number of carbonyl (C=O) groups is 1. The van der Waals surface area contributed by atoms with E-state index >= 15 is 0 Å². The zero-order valence-electron chi connectivity index (χ0n) is 9.04. The molecule has 6 heteroatoms. The predicted molar refractivity (Wildman–Crippen MR) is 61.3 cm³/mol. The normalized spacial score (nSPS) is 10.0. The van der Waals surface area contributed by atoms with Crippen LogP contribution in [0.1, 0.15) is 36.5 Å². The fourth-order valence-corrected chi connectivity index (χ4v) is 1.62. The minimum Gasteiger partial charge on any atom is -0.360 e. The van der Waals surface area contributed by atoms with E-state index in [0.29, 0.717) is 16.7 Å². The first-order valence-electron chi connectivity index (χ1n) is 5.13. The van der Waals surface area contributed by atoms with Crippen LogP contribution in [-0.2, 0) is 0 Å². The Morgan fingerprint density at radius 3 is 2.67 bits per heavy atom. The van der Waals surface area contributed by atoms with Crippen LogP contribution in [0.4, 0.5) is 5.13 Å². The molecule has 2 N–H and O–H groups in total. The Labute approximate surface area is 93.3 Å². The Bertz CT molecular complexity index is 313. The third kappa shape index (κ3) is 3.83. The van der Waals surface area contributed by atoms with Crippen LogP contribution in [0.5, 0.6) is 0 Å². The van der Waals surface area contributed by atoms with Gasteiger partial charge in [0.05, 0.1) is 0 Å². The molecule has 1 aromatic rings. The predicted octanol–water partition coefficient (Wildman–Crippen LogP) is 1.50. The van der Waals surface area contributed by atoms with Gasteiger partial charge in [0.25, 0.3) is 5.91 Å². The number of amides is 1. The second-order valence-electron chi connectivity index (χ2n) is 3.10. The molecule has 0 radical (unpaired) electrons. The van der Waals surface area contributed by atoms with Crippen molar-refractivity contribution in [2.75, 3.05) is 18.4 Å². The van der Waals surface area contributed by atoms with Crippen molar-refractivity contribution in [1.29, 1.82) is 0 Å². The van der Waals surface area contributed by atoms with Crippen LogP contribution in [0, 0.1) is 0 Å². The number of hydrogen-bond donors (Lipinski definition) is 2. The van der Waals surface area contributed by atoms with Gasteiger partial charge >= 0.3 is 0 Å². The van der Waals surface area contributed by atoms with Crippen molar-refractivity contribution >= 4 is 22.4 Å². The zero-order chi connectivity index (χ0) is 11.1. The highest BCUT2D eigenvalue weighted by Crippen LogP contribution is 2.14. The number of hydrogen-bond acceptors (Lipinski definition) is 5. The summed E-state index contributed by atoms with van der Waals surface area (Å²) in [5, 5.41) is 14.7. The smallest absolute Gasteiger partial charge is 0.282 e. The first-order valence-corrected chi connectivity index (χ1v) is 5.95. The van der Waals surface area contributed by atoms with Gasteiger partial charge in [-0.2, -0.15) is 0 Å². The molecule has 0 spiro atoms. The molecule has 0 unspecified atom stereocenters. The van der Waals surface area contributed by atoms with Gasteiger partial charge in [0.15, 0.2) is 0 Å². The van der Waals surface area contributed by atoms with E-state index in [1.165, 1.54) is 11.3 Å². The van der Waals surface area contributed by atoms with Crippen LogP contribution in [0.3, 0.4) is 0 Å². The molecule has 0 saturated heterocycles. The van der Waals surface area contributed by atoms with Crippen molar-refractivity contribution in [1.82, 2.24) is 15.5 Å². The van der Waals surface area contributed by atoms with Gasteiger partial charge in [-0.1, -0.05) is 25.2 Å². The molecule has 0 fully saturated rings. The number of anilines is 1. The SMILES string of the molecule is CCCNC(=O)c1nnc(NCCC)s1. The Balaban J connectivity index is 2.47. The summed E-state index contributed by atoms with van der Waals surface area (Å²) in [7, 11) is 0. The summed E-state index contributed by atoms with van der Waals surface area (Å²) in [5.74, 6) is -0.140. The molecule has 1 aromatic heterocycles. The first-order chi connectivity index (χ1) is 7.27. The highest BCUT2D eigenvalue weighted by atomic mass is 32.1. The quantitative estimate of drug-likeness (QED) is 0.774. The molecular formula is C9H16N4OS. The minimum absolute atomic E-state index is 0.140. The average molecular weight is 228 g/mol. The molecule has 15 heavy (non-hydrogen) atoms. The highest BCUT2D eigenvalue weighted by Gasteiger charge is 2.11. The van der Waals surface area contributed by atoms with E-state index in [0.717, 1.165) is 19.4 Å². The summed E-state index contributed by atoms with van der Waals surface area (Å²) in [5.41, 5.74) is 0. The molecular weight excluding hydrogens is 212 g/mol. The number of nitrogens with one attached hydrogen (secondary N) is 2. The van der Waals surface area contributed by atoms with Crippen LogP contribution >= 0.6 is 11.3 Å². The number of carbonyl (C=O) groups excluding carboxylic acids is 1. The Morgan fingerprint density at radius 2 is 2.00 bits per heavy atom. The Hall–Kier alpha value is -1.17. The Kier molecular flexibility index (Phi) is 5.03. The summed E-state index contributed by atoms with van der Waals surface area (Å²) < 4.78 is 0. The fraction of sp³-hybridized carbons (Fsp3) is 0.667. The summed E-state index contributed by atoms with van der Waals surface area (Å²) >= 11 is 1.29. The third-order valence-electron chi connectivity index (χ3n) is 1.68. The molecule has 1 amide bonds. The molecule has 5 nitrogen and oxygen atoms in total. The standard InChI is InChI=1S/C9H16N4OS/c1-3-5-10-7(14)8-12-13-9(15-8)11-6-4-2/h3-6H2,1-2H3,(H,10,14)(H,11,13). The molecule has 0 aliphatic heterocycles. The Morgan fingerprint density at radius 1 is 1.27 bits per heavy atom. The second kappa shape index (κ2) is 6.34. The number of nitrogens with zero attached hydrogens (tertiary/aromatic N) is 2. The largest absolute Gasteiger partial charge is 0.360 e. The fourth-order valence-electron chi connectivity index (χ4n) is 0.932. The van der Waals surface area contributed by atoms with Crippen molar-refractivity contribution in [3.05, 3.63) is 5.01 Å². The van der Waals surface area contributed by atoms with Crippen molar-refractivity contribution in [3.63, 3.8) is 0 Å². The monoisotopic (exact) mass is 228 g/mol. The van der Waals surface area contributed by atoms with Crippen LogP contribution in [0.2, 0.25) is 0 Å². The molecule has 0 atom stereocenters. The van der Waals surface area contributed by atoms with Gasteiger partial charge in [-0.3, -0.25) is 4.79 Å². The molecule has 84 valence electrons.